The number of phenols is 1. The number of benzene rings is 3. The number of nitrogens with zero attached hydrogens (tertiary/aromatic N) is 2. The fraction of sp³-hybridized carbons (Fsp3) is 0.359. The molecule has 2 saturated heterocycles. The molecule has 11 heteroatoms. The van der Waals surface area contributed by atoms with Gasteiger partial charge < -0.3 is 10.2 Å². The first-order chi connectivity index (χ1) is 24.0. The number of likely N-dealkylation sites (tertiary alicyclic amines) is 1. The number of hydrogen-bond acceptors (Lipinski definition) is 7. The number of aromatic hydroxyl groups is 1. The van der Waals surface area contributed by atoms with Gasteiger partial charge in [0.15, 0.2) is 0 Å². The van der Waals surface area contributed by atoms with Crippen molar-refractivity contribution in [2.75, 3.05) is 12.0 Å². The molecule has 3 aromatic carbocycles. The van der Waals surface area contributed by atoms with E-state index in [-0.39, 0.29) is 43.4 Å². The summed E-state index contributed by atoms with van der Waals surface area (Å²) in [6.07, 6.45) is 3.96. The number of unbranched alkanes of at least 4 members (excludes halogenated alkanes) is 2. The van der Waals surface area contributed by atoms with Crippen molar-refractivity contribution in [2.45, 2.75) is 56.8 Å². The molecule has 258 valence electrons. The van der Waals surface area contributed by atoms with Crippen LogP contribution >= 0.6 is 15.9 Å². The number of imide groups is 2. The number of aliphatic carboxylic acids is 1. The zero-order valence-electron chi connectivity index (χ0n) is 27.6. The Morgan fingerprint density at radius 3 is 2.38 bits per heavy atom. The standard InChI is InChI=1S/C39H38BrN3O7/c1-22-11-14-25(15-12-22)41-43-36(48)30-21-28-26(16-17-27-33(28)37(49)42(35(27)47)19-7-3-6-10-32(45)46)34(29-20-24(40)13-18-31(29)44)39(30,38(43)50)23-8-4-2-5-9-23/h2,4-5,8-9,11-16,18,20,27-28,30,33-34,41,44H,3,6-7,10,17,19,21H2,1H3,(H,45,46). The average Bonchev–Trinajstić information content (AvgIpc) is 3.47. The molecule has 1 saturated carbocycles. The van der Waals surface area contributed by atoms with E-state index >= 15 is 4.79 Å². The molecule has 0 bridgehead atoms. The molecule has 4 aliphatic rings. The van der Waals surface area contributed by atoms with E-state index in [2.05, 4.69) is 21.4 Å². The van der Waals surface area contributed by atoms with Gasteiger partial charge >= 0.3 is 5.97 Å². The summed E-state index contributed by atoms with van der Waals surface area (Å²) >= 11 is 3.56. The number of nitrogens with one attached hydrogen (secondary N) is 1. The number of phenolic OH excluding ortho intramolecular Hbond substituents is 1. The summed E-state index contributed by atoms with van der Waals surface area (Å²) in [6.45, 7) is 2.15. The molecule has 3 fully saturated rings. The number of carbonyl (C=O) groups is 5. The lowest BCUT2D eigenvalue weighted by molar-refractivity contribution is -0.141. The molecule has 50 heavy (non-hydrogen) atoms. The lowest BCUT2D eigenvalue weighted by atomic mass is 9.49. The lowest BCUT2D eigenvalue weighted by Crippen LogP contribution is -2.53. The highest BCUT2D eigenvalue weighted by atomic mass is 79.9. The van der Waals surface area contributed by atoms with Crippen LogP contribution in [0, 0.1) is 30.6 Å². The molecule has 3 aromatic rings. The van der Waals surface area contributed by atoms with Crippen molar-refractivity contribution in [3.8, 4) is 5.75 Å². The molecule has 0 aromatic heterocycles. The van der Waals surface area contributed by atoms with Crippen molar-refractivity contribution in [1.82, 2.24) is 9.91 Å². The van der Waals surface area contributed by atoms with Crippen molar-refractivity contribution in [1.29, 1.82) is 0 Å². The van der Waals surface area contributed by atoms with E-state index in [1.807, 2.05) is 55.5 Å². The van der Waals surface area contributed by atoms with E-state index in [1.165, 1.54) is 4.90 Å². The topological polar surface area (TPSA) is 144 Å². The maximum Gasteiger partial charge on any atom is 0.303 e. The van der Waals surface area contributed by atoms with Gasteiger partial charge in [0.25, 0.3) is 11.8 Å². The molecule has 2 aliphatic heterocycles. The van der Waals surface area contributed by atoms with Gasteiger partial charge in [-0.3, -0.25) is 34.3 Å². The van der Waals surface area contributed by atoms with Crippen LogP contribution in [0.3, 0.4) is 0 Å². The first-order valence-corrected chi connectivity index (χ1v) is 17.9. The summed E-state index contributed by atoms with van der Waals surface area (Å²) in [5.41, 5.74) is 5.04. The minimum Gasteiger partial charge on any atom is -0.508 e. The number of fused-ring (bicyclic) bond motifs is 4. The second-order valence-electron chi connectivity index (χ2n) is 13.8. The van der Waals surface area contributed by atoms with Gasteiger partial charge in [-0.1, -0.05) is 82.0 Å². The van der Waals surface area contributed by atoms with Gasteiger partial charge in [-0.05, 0) is 74.4 Å². The minimum atomic E-state index is -1.47. The zero-order valence-corrected chi connectivity index (χ0v) is 29.1. The molecule has 2 aliphatic carbocycles. The highest BCUT2D eigenvalue weighted by molar-refractivity contribution is 9.10. The molecule has 10 nitrogen and oxygen atoms in total. The van der Waals surface area contributed by atoms with E-state index in [0.29, 0.717) is 40.5 Å². The van der Waals surface area contributed by atoms with Crippen molar-refractivity contribution in [2.24, 2.45) is 23.7 Å². The van der Waals surface area contributed by atoms with E-state index < -0.39 is 52.8 Å². The van der Waals surface area contributed by atoms with Gasteiger partial charge in [-0.2, -0.15) is 5.01 Å². The van der Waals surface area contributed by atoms with Gasteiger partial charge in [0.05, 0.1) is 28.9 Å². The molecular formula is C39H38BrN3O7. The lowest BCUT2D eigenvalue weighted by Gasteiger charge is -2.50. The number of aryl methyl sites for hydroxylation is 1. The predicted molar refractivity (Wildman–Crippen MR) is 187 cm³/mol. The largest absolute Gasteiger partial charge is 0.508 e. The monoisotopic (exact) mass is 739 g/mol. The van der Waals surface area contributed by atoms with Gasteiger partial charge in [-0.25, -0.2) is 0 Å². The molecule has 7 rings (SSSR count). The Morgan fingerprint density at radius 2 is 1.66 bits per heavy atom. The molecule has 6 unspecified atom stereocenters. The maximum atomic E-state index is 15.2. The second-order valence-corrected chi connectivity index (χ2v) is 14.7. The summed E-state index contributed by atoms with van der Waals surface area (Å²) in [5, 5.41) is 21.6. The van der Waals surface area contributed by atoms with Crippen molar-refractivity contribution in [3.05, 3.63) is 106 Å². The minimum absolute atomic E-state index is 0.0272. The van der Waals surface area contributed by atoms with Crippen LogP contribution in [0.2, 0.25) is 0 Å². The van der Waals surface area contributed by atoms with Gasteiger partial charge in [0.2, 0.25) is 11.8 Å². The highest BCUT2D eigenvalue weighted by Crippen LogP contribution is 2.65. The highest BCUT2D eigenvalue weighted by Gasteiger charge is 2.70. The number of anilines is 1. The molecule has 0 spiro atoms. The molecule has 0 radical (unpaired) electrons. The van der Waals surface area contributed by atoms with Gasteiger partial charge in [0.1, 0.15) is 5.75 Å². The number of hydrogen-bond donors (Lipinski definition) is 3. The summed E-state index contributed by atoms with van der Waals surface area (Å²) in [6, 6.07) is 21.6. The Morgan fingerprint density at radius 1 is 0.920 bits per heavy atom. The van der Waals surface area contributed by atoms with Crippen LogP contribution in [0.1, 0.15) is 61.1 Å². The van der Waals surface area contributed by atoms with Crippen LogP contribution in [-0.2, 0) is 29.4 Å². The van der Waals surface area contributed by atoms with Crippen LogP contribution in [0.15, 0.2) is 88.9 Å². The summed E-state index contributed by atoms with van der Waals surface area (Å²) in [7, 11) is 0. The zero-order chi connectivity index (χ0) is 35.3. The molecule has 4 amide bonds. The van der Waals surface area contributed by atoms with E-state index in [0.717, 1.165) is 16.1 Å². The van der Waals surface area contributed by atoms with Crippen LogP contribution in [-0.4, -0.2) is 56.3 Å². The average molecular weight is 741 g/mol. The van der Waals surface area contributed by atoms with E-state index in [1.54, 1.807) is 30.3 Å². The Hall–Kier alpha value is -4.77. The number of carboxylic acid groups (broad SMARTS) is 1. The Bertz CT molecular complexity index is 1910. The number of carboxylic acids is 1. The Balaban J connectivity index is 1.34. The second kappa shape index (κ2) is 13.2. The fourth-order valence-electron chi connectivity index (χ4n) is 8.86. The SMILES string of the molecule is Cc1ccc(NN2C(=O)C3CC4C(=CCC5C(=O)N(CCCCCC(=O)O)C(=O)C54)C(c4cc(Br)ccc4O)C3(c3ccccc3)C2=O)cc1. The Kier molecular flexibility index (Phi) is 8.88. The molecule has 3 N–H and O–H groups in total. The number of allylic oxidation sites excluding steroid dienone is 2. The Labute approximate surface area is 298 Å². The first-order valence-electron chi connectivity index (χ1n) is 17.1. The third kappa shape index (κ3) is 5.42. The predicted octanol–water partition coefficient (Wildman–Crippen LogP) is 6.09. The molecular weight excluding hydrogens is 702 g/mol. The van der Waals surface area contributed by atoms with E-state index in [4.69, 9.17) is 5.11 Å². The van der Waals surface area contributed by atoms with Crippen molar-refractivity contribution in [3.63, 3.8) is 0 Å². The van der Waals surface area contributed by atoms with Crippen LogP contribution in [0.5, 0.6) is 5.75 Å². The maximum absolute atomic E-state index is 15.2. The third-order valence-corrected chi connectivity index (χ3v) is 11.6. The summed E-state index contributed by atoms with van der Waals surface area (Å²) < 4.78 is 0.675. The summed E-state index contributed by atoms with van der Waals surface area (Å²) in [5.74, 6) is -6.01. The number of rotatable bonds is 10. The van der Waals surface area contributed by atoms with Crippen molar-refractivity contribution < 1.29 is 34.2 Å². The molecule has 6 atom stereocenters. The van der Waals surface area contributed by atoms with Crippen LogP contribution in [0.25, 0.3) is 0 Å². The van der Waals surface area contributed by atoms with E-state index in [9.17, 15) is 24.3 Å². The summed E-state index contributed by atoms with van der Waals surface area (Å²) in [4.78, 5) is 70.1. The van der Waals surface area contributed by atoms with Gasteiger partial charge in [-0.15, -0.1) is 0 Å². The van der Waals surface area contributed by atoms with Crippen molar-refractivity contribution >= 4 is 51.2 Å². The quantitative estimate of drug-likeness (QED) is 0.129. The third-order valence-electron chi connectivity index (χ3n) is 11.1. The number of hydrazine groups is 1. The number of carbonyl (C=O) groups excluding carboxylic acids is 4. The number of amides is 4. The smallest absolute Gasteiger partial charge is 0.303 e. The molecule has 2 heterocycles. The van der Waals surface area contributed by atoms with Crippen LogP contribution in [0.4, 0.5) is 5.69 Å². The normalized spacial score (nSPS) is 27.2. The number of halogens is 1. The van der Waals surface area contributed by atoms with Crippen LogP contribution < -0.4 is 5.43 Å². The van der Waals surface area contributed by atoms with Gasteiger partial charge in [0, 0.05) is 28.9 Å². The fourth-order valence-corrected chi connectivity index (χ4v) is 9.24. The first kappa shape index (κ1) is 33.7.